The third-order valence-electron chi connectivity index (χ3n) is 4.35. The molecule has 1 aromatic heterocycles. The zero-order chi connectivity index (χ0) is 20.1. The number of rotatable bonds is 7. The summed E-state index contributed by atoms with van der Waals surface area (Å²) >= 11 is -2.15. The molecular weight excluding hydrogens is 386 g/mol. The Morgan fingerprint density at radius 1 is 0.931 bits per heavy atom. The number of aromatic nitrogens is 2. The molecule has 6 nitrogen and oxygen atoms in total. The normalized spacial score (nSPS) is 11.9. The minimum Gasteiger partial charge on any atom is -0.772 e. The van der Waals surface area contributed by atoms with Gasteiger partial charge in [0, 0.05) is 16.8 Å². The molecule has 0 saturated carbocycles. The fourth-order valence-electron chi connectivity index (χ4n) is 2.94. The Morgan fingerprint density at radius 3 is 2.48 bits per heavy atom. The lowest BCUT2D eigenvalue weighted by molar-refractivity contribution is 0.306. The van der Waals surface area contributed by atoms with Crippen LogP contribution in [0.1, 0.15) is 11.1 Å². The molecule has 146 valence electrons. The zero-order valence-corrected chi connectivity index (χ0v) is 16.3. The quantitative estimate of drug-likeness (QED) is 0.461. The summed E-state index contributed by atoms with van der Waals surface area (Å²) in [6.45, 7) is 0.508. The molecule has 29 heavy (non-hydrogen) atoms. The molecule has 0 amide bonds. The van der Waals surface area contributed by atoms with Crippen LogP contribution in [0.5, 0.6) is 5.75 Å². The average Bonchev–Trinajstić information content (AvgIpc) is 2.74. The summed E-state index contributed by atoms with van der Waals surface area (Å²) in [6, 6.07) is 22.9. The van der Waals surface area contributed by atoms with Crippen LogP contribution < -0.4 is 10.1 Å². The van der Waals surface area contributed by atoms with Crippen LogP contribution in [-0.2, 0) is 23.4 Å². The fourth-order valence-corrected chi connectivity index (χ4v) is 3.39. The molecule has 1 heterocycles. The molecule has 0 aliphatic heterocycles. The van der Waals surface area contributed by atoms with E-state index in [2.05, 4.69) is 15.3 Å². The van der Waals surface area contributed by atoms with Gasteiger partial charge in [0.2, 0.25) is 0 Å². The van der Waals surface area contributed by atoms with Gasteiger partial charge in [0.15, 0.2) is 0 Å². The van der Waals surface area contributed by atoms with Gasteiger partial charge >= 0.3 is 0 Å². The third kappa shape index (κ3) is 4.96. The molecule has 4 aromatic rings. The van der Waals surface area contributed by atoms with Crippen LogP contribution in [0.15, 0.2) is 79.1 Å². The van der Waals surface area contributed by atoms with E-state index in [0.29, 0.717) is 18.0 Å². The second kappa shape index (κ2) is 8.81. The van der Waals surface area contributed by atoms with E-state index in [4.69, 9.17) is 4.74 Å². The van der Waals surface area contributed by atoms with Crippen LogP contribution >= 0.6 is 0 Å². The number of nitrogens with zero attached hydrogens (tertiary/aromatic N) is 2. The van der Waals surface area contributed by atoms with Crippen molar-refractivity contribution in [2.75, 3.05) is 5.32 Å². The third-order valence-corrected chi connectivity index (χ3v) is 4.92. The molecule has 0 aliphatic rings. The van der Waals surface area contributed by atoms with Crippen LogP contribution in [-0.4, -0.2) is 18.7 Å². The van der Waals surface area contributed by atoms with Crippen molar-refractivity contribution in [1.29, 1.82) is 0 Å². The maximum atomic E-state index is 11.0. The van der Waals surface area contributed by atoms with Gasteiger partial charge in [-0.05, 0) is 47.5 Å². The molecule has 0 fully saturated rings. The number of nitrogens with one attached hydrogen (secondary N) is 1. The predicted molar refractivity (Wildman–Crippen MR) is 113 cm³/mol. The first kappa shape index (κ1) is 19.0. The topological polar surface area (TPSA) is 87.2 Å². The molecule has 1 unspecified atom stereocenters. The summed E-state index contributed by atoms with van der Waals surface area (Å²) in [5.41, 5.74) is 3.38. The molecule has 7 heteroatoms. The molecule has 0 aliphatic carbocycles. The first-order valence-electron chi connectivity index (χ1n) is 9.01. The van der Waals surface area contributed by atoms with Crippen LogP contribution in [0.3, 0.4) is 0 Å². The lowest BCUT2D eigenvalue weighted by atomic mass is 10.1. The highest BCUT2D eigenvalue weighted by Gasteiger charge is 2.06. The Hall–Kier alpha value is -3.29. The zero-order valence-electron chi connectivity index (χ0n) is 15.4. The Kier molecular flexibility index (Phi) is 5.79. The molecule has 1 N–H and O–H groups in total. The maximum Gasteiger partial charge on any atom is 0.141 e. The highest BCUT2D eigenvalue weighted by Crippen LogP contribution is 2.25. The minimum absolute atomic E-state index is 0.0439. The average molecular weight is 404 g/mol. The van der Waals surface area contributed by atoms with Gasteiger partial charge in [0.1, 0.15) is 24.5 Å². The van der Waals surface area contributed by atoms with Crippen molar-refractivity contribution in [3.05, 3.63) is 90.3 Å². The number of fused-ring (bicyclic) bond motifs is 1. The number of ether oxygens (including phenoxy) is 1. The number of hydrogen-bond acceptors (Lipinski definition) is 6. The van der Waals surface area contributed by atoms with E-state index < -0.39 is 11.1 Å². The van der Waals surface area contributed by atoms with Gasteiger partial charge in [0.25, 0.3) is 0 Å². The van der Waals surface area contributed by atoms with Crippen molar-refractivity contribution in [3.8, 4) is 5.75 Å². The Morgan fingerprint density at radius 2 is 1.72 bits per heavy atom. The first-order valence-corrected chi connectivity index (χ1v) is 10.2. The van der Waals surface area contributed by atoms with E-state index in [1.165, 1.54) is 6.33 Å². The maximum absolute atomic E-state index is 11.0. The lowest BCUT2D eigenvalue weighted by Crippen LogP contribution is -1.99. The van der Waals surface area contributed by atoms with Gasteiger partial charge in [-0.25, -0.2) is 9.97 Å². The molecule has 0 bridgehead atoms. The monoisotopic (exact) mass is 404 g/mol. The highest BCUT2D eigenvalue weighted by atomic mass is 32.2. The SMILES string of the molecule is O=S([O-])Cc1ccc2ncnc(Nc3ccc(OCc4ccccc4)cc3)c2c1. The van der Waals surface area contributed by atoms with Gasteiger partial charge in [-0.3, -0.25) is 4.21 Å². The van der Waals surface area contributed by atoms with Crippen molar-refractivity contribution in [1.82, 2.24) is 9.97 Å². The summed E-state index contributed by atoms with van der Waals surface area (Å²) in [4.78, 5) is 8.56. The van der Waals surface area contributed by atoms with Crippen LogP contribution in [0.4, 0.5) is 11.5 Å². The second-order valence-electron chi connectivity index (χ2n) is 6.45. The summed E-state index contributed by atoms with van der Waals surface area (Å²) in [5, 5.41) is 4.03. The van der Waals surface area contributed by atoms with Gasteiger partial charge in [-0.2, -0.15) is 0 Å². The minimum atomic E-state index is -2.15. The summed E-state index contributed by atoms with van der Waals surface area (Å²) in [5.74, 6) is 1.34. The van der Waals surface area contributed by atoms with Crippen molar-refractivity contribution >= 4 is 33.5 Å². The van der Waals surface area contributed by atoms with E-state index in [1.54, 1.807) is 18.2 Å². The molecule has 3 aromatic carbocycles. The van der Waals surface area contributed by atoms with Gasteiger partial charge in [-0.15, -0.1) is 0 Å². The molecule has 0 radical (unpaired) electrons. The summed E-state index contributed by atoms with van der Waals surface area (Å²) in [7, 11) is 0. The molecule has 1 atom stereocenters. The van der Waals surface area contributed by atoms with Gasteiger partial charge in [0.05, 0.1) is 5.52 Å². The van der Waals surface area contributed by atoms with E-state index in [-0.39, 0.29) is 5.75 Å². The lowest BCUT2D eigenvalue weighted by Gasteiger charge is -2.11. The van der Waals surface area contributed by atoms with E-state index in [1.807, 2.05) is 54.6 Å². The summed E-state index contributed by atoms with van der Waals surface area (Å²) in [6.07, 6.45) is 1.48. The largest absolute Gasteiger partial charge is 0.772 e. The number of hydrogen-bond donors (Lipinski definition) is 1. The molecule has 0 spiro atoms. The van der Waals surface area contributed by atoms with Crippen LogP contribution in [0, 0.1) is 0 Å². The summed E-state index contributed by atoms with van der Waals surface area (Å²) < 4.78 is 27.8. The number of anilines is 2. The van der Waals surface area contributed by atoms with Crippen molar-refractivity contribution in [3.63, 3.8) is 0 Å². The van der Waals surface area contributed by atoms with Gasteiger partial charge < -0.3 is 14.6 Å². The van der Waals surface area contributed by atoms with E-state index in [0.717, 1.165) is 27.9 Å². The molecule has 4 rings (SSSR count). The predicted octanol–water partition coefficient (Wildman–Crippen LogP) is 4.33. The van der Waals surface area contributed by atoms with Crippen molar-refractivity contribution in [2.24, 2.45) is 0 Å². The van der Waals surface area contributed by atoms with Crippen LogP contribution in [0.2, 0.25) is 0 Å². The Labute approximate surface area is 170 Å². The van der Waals surface area contributed by atoms with E-state index in [9.17, 15) is 8.76 Å². The molecule has 0 saturated heterocycles. The highest BCUT2D eigenvalue weighted by molar-refractivity contribution is 7.78. The van der Waals surface area contributed by atoms with Gasteiger partial charge in [-0.1, -0.05) is 47.5 Å². The Bertz CT molecular complexity index is 1140. The molecular formula is C22H18N3O3S-. The Balaban J connectivity index is 1.50. The second-order valence-corrected chi connectivity index (χ2v) is 7.34. The fraction of sp³-hybridized carbons (Fsp3) is 0.0909. The smallest absolute Gasteiger partial charge is 0.141 e. The first-order chi connectivity index (χ1) is 14.2. The van der Waals surface area contributed by atoms with Crippen molar-refractivity contribution < 1.29 is 13.5 Å². The van der Waals surface area contributed by atoms with E-state index >= 15 is 0 Å². The standard InChI is InChI=1S/C22H19N3O3S/c26-29(27)14-17-6-11-21-20(12-17)22(24-15-23-21)25-18-7-9-19(10-8-18)28-13-16-4-2-1-3-5-16/h1-12,15H,13-14H2,(H,26,27)(H,23,24,25)/p-1. The number of benzene rings is 3. The van der Waals surface area contributed by atoms with Crippen LogP contribution in [0.25, 0.3) is 10.9 Å². The van der Waals surface area contributed by atoms with Crippen molar-refractivity contribution in [2.45, 2.75) is 12.4 Å².